The summed E-state index contributed by atoms with van der Waals surface area (Å²) < 4.78 is 0. The van der Waals surface area contributed by atoms with Gasteiger partial charge in [0.1, 0.15) is 0 Å². The van der Waals surface area contributed by atoms with Gasteiger partial charge in [0.05, 0.1) is 16.0 Å². The van der Waals surface area contributed by atoms with Crippen LogP contribution in [0, 0.1) is 6.92 Å². The Morgan fingerprint density at radius 2 is 2.28 bits per heavy atom. The molecular formula is C12H12ClNO3S. The lowest BCUT2D eigenvalue weighted by molar-refractivity contribution is -0.137. The Bertz CT molecular complexity index is 518. The number of aryl methyl sites for hydroxylation is 1. The number of carbonyl (C=O) groups excluding carboxylic acids is 1. The third kappa shape index (κ3) is 2.79. The van der Waals surface area contributed by atoms with E-state index in [0.29, 0.717) is 17.1 Å². The van der Waals surface area contributed by atoms with Crippen molar-refractivity contribution in [1.29, 1.82) is 0 Å². The van der Waals surface area contributed by atoms with E-state index < -0.39 is 5.97 Å². The van der Waals surface area contributed by atoms with E-state index in [0.717, 1.165) is 10.5 Å². The lowest BCUT2D eigenvalue weighted by Crippen LogP contribution is -2.29. The number of aliphatic carboxylic acids is 1. The van der Waals surface area contributed by atoms with E-state index in [4.69, 9.17) is 16.7 Å². The largest absolute Gasteiger partial charge is 0.481 e. The molecule has 1 atom stereocenters. The maximum absolute atomic E-state index is 11.8. The molecule has 0 bridgehead atoms. The van der Waals surface area contributed by atoms with E-state index in [1.54, 1.807) is 6.07 Å². The zero-order chi connectivity index (χ0) is 13.3. The third-order valence-electron chi connectivity index (χ3n) is 2.63. The van der Waals surface area contributed by atoms with Gasteiger partial charge >= 0.3 is 5.97 Å². The van der Waals surface area contributed by atoms with Crippen LogP contribution in [0.1, 0.15) is 18.4 Å². The van der Waals surface area contributed by atoms with Crippen LogP contribution in [0.3, 0.4) is 0 Å². The van der Waals surface area contributed by atoms with Gasteiger partial charge in [-0.3, -0.25) is 9.59 Å². The van der Waals surface area contributed by atoms with Crippen LogP contribution in [0.5, 0.6) is 0 Å². The molecule has 1 aromatic carbocycles. The van der Waals surface area contributed by atoms with Gasteiger partial charge in [-0.25, -0.2) is 0 Å². The number of carboxylic acids is 1. The summed E-state index contributed by atoms with van der Waals surface area (Å²) in [6.45, 7) is 1.93. The molecule has 2 N–H and O–H groups in total. The van der Waals surface area contributed by atoms with Gasteiger partial charge in [-0.2, -0.15) is 0 Å². The van der Waals surface area contributed by atoms with Gasteiger partial charge in [-0.05, 0) is 31.0 Å². The summed E-state index contributed by atoms with van der Waals surface area (Å²) >= 11 is 7.44. The van der Waals surface area contributed by atoms with E-state index in [2.05, 4.69) is 5.32 Å². The fraction of sp³-hybridized carbons (Fsp3) is 0.333. The molecule has 6 heteroatoms. The van der Waals surface area contributed by atoms with Gasteiger partial charge in [-0.1, -0.05) is 11.6 Å². The van der Waals surface area contributed by atoms with Crippen molar-refractivity contribution in [3.8, 4) is 0 Å². The van der Waals surface area contributed by atoms with Crippen molar-refractivity contribution >= 4 is 40.9 Å². The summed E-state index contributed by atoms with van der Waals surface area (Å²) in [5.41, 5.74) is 1.64. The fourth-order valence-corrected chi connectivity index (χ4v) is 3.40. The summed E-state index contributed by atoms with van der Waals surface area (Å²) in [4.78, 5) is 23.3. The minimum atomic E-state index is -0.892. The summed E-state index contributed by atoms with van der Waals surface area (Å²) in [6, 6.07) is 3.73. The van der Waals surface area contributed by atoms with Gasteiger partial charge in [0, 0.05) is 11.3 Å². The first-order chi connectivity index (χ1) is 8.47. The highest BCUT2D eigenvalue weighted by atomic mass is 35.5. The second-order valence-electron chi connectivity index (χ2n) is 4.15. The lowest BCUT2D eigenvalue weighted by atomic mass is 10.2. The van der Waals surface area contributed by atoms with Crippen LogP contribution in [0.25, 0.3) is 0 Å². The molecule has 4 nitrogen and oxygen atoms in total. The first kappa shape index (κ1) is 13.2. The Morgan fingerprint density at radius 3 is 2.94 bits per heavy atom. The predicted molar refractivity (Wildman–Crippen MR) is 71.3 cm³/mol. The van der Waals surface area contributed by atoms with Gasteiger partial charge in [0.15, 0.2) is 0 Å². The molecule has 18 heavy (non-hydrogen) atoms. The van der Waals surface area contributed by atoms with Crippen molar-refractivity contribution in [2.24, 2.45) is 0 Å². The number of halogens is 1. The molecule has 1 aliphatic rings. The molecule has 1 amide bonds. The normalized spacial score (nSPS) is 18.1. The van der Waals surface area contributed by atoms with Gasteiger partial charge < -0.3 is 10.4 Å². The zero-order valence-electron chi connectivity index (χ0n) is 9.70. The maximum atomic E-state index is 11.8. The Labute approximate surface area is 114 Å². The molecule has 1 aromatic rings. The summed E-state index contributed by atoms with van der Waals surface area (Å²) in [5.74, 6) is -1.07. The first-order valence-corrected chi connectivity index (χ1v) is 6.72. The molecular weight excluding hydrogens is 274 g/mol. The number of hydrogen-bond donors (Lipinski definition) is 2. The summed E-state index contributed by atoms with van der Waals surface area (Å²) in [6.07, 6.45) is 0.302. The van der Waals surface area contributed by atoms with E-state index in [1.165, 1.54) is 11.8 Å². The van der Waals surface area contributed by atoms with Crippen LogP contribution in [0.2, 0.25) is 5.02 Å². The highest BCUT2D eigenvalue weighted by molar-refractivity contribution is 8.01. The van der Waals surface area contributed by atoms with Crippen molar-refractivity contribution in [3.05, 3.63) is 22.7 Å². The molecule has 1 heterocycles. The molecule has 0 saturated heterocycles. The number of carbonyl (C=O) groups is 2. The van der Waals surface area contributed by atoms with Gasteiger partial charge in [0.25, 0.3) is 0 Å². The van der Waals surface area contributed by atoms with E-state index >= 15 is 0 Å². The highest BCUT2D eigenvalue weighted by Gasteiger charge is 2.28. The summed E-state index contributed by atoms with van der Waals surface area (Å²) in [5, 5.41) is 11.5. The quantitative estimate of drug-likeness (QED) is 0.896. The van der Waals surface area contributed by atoms with E-state index in [1.807, 2.05) is 13.0 Å². The second kappa shape index (κ2) is 5.20. The number of rotatable bonds is 3. The number of hydrogen-bond acceptors (Lipinski definition) is 3. The predicted octanol–water partition coefficient (Wildman–Crippen LogP) is 2.93. The highest BCUT2D eigenvalue weighted by Crippen LogP contribution is 2.41. The van der Waals surface area contributed by atoms with Crippen molar-refractivity contribution in [2.75, 3.05) is 5.32 Å². The van der Waals surface area contributed by atoms with Crippen LogP contribution < -0.4 is 5.32 Å². The van der Waals surface area contributed by atoms with Gasteiger partial charge in [0.2, 0.25) is 5.91 Å². The SMILES string of the molecule is Cc1cc(Cl)c2c(c1)SC(CCC(=O)O)C(=O)N2. The molecule has 0 spiro atoms. The molecule has 0 radical (unpaired) electrons. The van der Waals surface area contributed by atoms with E-state index in [9.17, 15) is 9.59 Å². The van der Waals surface area contributed by atoms with Crippen LogP contribution in [-0.4, -0.2) is 22.2 Å². The molecule has 1 aliphatic heterocycles. The van der Waals surface area contributed by atoms with Crippen LogP contribution in [0.4, 0.5) is 5.69 Å². The molecule has 0 saturated carbocycles. The Hall–Kier alpha value is -1.20. The molecule has 1 unspecified atom stereocenters. The average molecular weight is 286 g/mol. The number of amides is 1. The molecule has 0 fully saturated rings. The second-order valence-corrected chi connectivity index (χ2v) is 5.80. The smallest absolute Gasteiger partial charge is 0.303 e. The number of anilines is 1. The summed E-state index contributed by atoms with van der Waals surface area (Å²) in [7, 11) is 0. The molecule has 96 valence electrons. The topological polar surface area (TPSA) is 66.4 Å². The number of thioether (sulfide) groups is 1. The Morgan fingerprint density at radius 1 is 1.56 bits per heavy atom. The maximum Gasteiger partial charge on any atom is 0.303 e. The standard InChI is InChI=1S/C12H12ClNO3S/c1-6-4-7(13)11-9(5-6)18-8(12(17)14-11)2-3-10(15)16/h4-5,8H,2-3H2,1H3,(H,14,17)(H,15,16). The minimum absolute atomic E-state index is 0.0139. The van der Waals surface area contributed by atoms with Crippen LogP contribution in [-0.2, 0) is 9.59 Å². The number of nitrogens with one attached hydrogen (secondary N) is 1. The van der Waals surface area contributed by atoms with Crippen LogP contribution >= 0.6 is 23.4 Å². The molecule has 0 aromatic heterocycles. The van der Waals surface area contributed by atoms with Crippen LogP contribution in [0.15, 0.2) is 17.0 Å². The first-order valence-electron chi connectivity index (χ1n) is 5.47. The van der Waals surface area contributed by atoms with Crippen molar-refractivity contribution in [3.63, 3.8) is 0 Å². The average Bonchev–Trinajstić information content (AvgIpc) is 2.27. The molecule has 2 rings (SSSR count). The monoisotopic (exact) mass is 285 g/mol. The Kier molecular flexibility index (Phi) is 3.82. The Balaban J connectivity index is 2.21. The van der Waals surface area contributed by atoms with Crippen molar-refractivity contribution in [1.82, 2.24) is 0 Å². The minimum Gasteiger partial charge on any atom is -0.481 e. The van der Waals surface area contributed by atoms with Gasteiger partial charge in [-0.15, -0.1) is 11.8 Å². The zero-order valence-corrected chi connectivity index (χ0v) is 11.3. The van der Waals surface area contributed by atoms with E-state index in [-0.39, 0.29) is 17.6 Å². The van der Waals surface area contributed by atoms with Crippen molar-refractivity contribution < 1.29 is 14.7 Å². The van der Waals surface area contributed by atoms with Crippen molar-refractivity contribution in [2.45, 2.75) is 29.9 Å². The number of benzene rings is 1. The molecule has 0 aliphatic carbocycles. The lowest BCUT2D eigenvalue weighted by Gasteiger charge is -2.24. The number of carboxylic acid groups (broad SMARTS) is 1. The third-order valence-corrected chi connectivity index (χ3v) is 4.24. The fourth-order valence-electron chi connectivity index (χ4n) is 1.78. The number of fused-ring (bicyclic) bond motifs is 1.